The predicted octanol–water partition coefficient (Wildman–Crippen LogP) is 5.19. The third-order valence-electron chi connectivity index (χ3n) is 4.47. The molecule has 1 aromatic heterocycles. The highest BCUT2D eigenvalue weighted by Gasteiger charge is 2.23. The Morgan fingerprint density at radius 3 is 2.23 bits per heavy atom. The van der Waals surface area contributed by atoms with Gasteiger partial charge in [0.25, 0.3) is 0 Å². The number of hydrogen-bond donors (Lipinski definition) is 0. The lowest BCUT2D eigenvalue weighted by Gasteiger charge is -2.08. The zero-order chi connectivity index (χ0) is 22.1. The molecule has 5 nitrogen and oxygen atoms in total. The van der Waals surface area contributed by atoms with Gasteiger partial charge in [-0.05, 0) is 18.1 Å². The zero-order valence-electron chi connectivity index (χ0n) is 17.8. The molecule has 0 atom stereocenters. The van der Waals surface area contributed by atoms with E-state index in [0.29, 0.717) is 34.4 Å². The van der Waals surface area contributed by atoms with Crippen LogP contribution in [0, 0.1) is 11.3 Å². The number of rotatable bonds is 6. The molecule has 5 heteroatoms. The standard InChI is InChI=1S/C23H20N2O3.C2H6/c1-3-28-23(27)22-21(19(14-24)15-25(22)2)18-11-9-17(10-12-18)20(26)13-16-7-5-4-6-8-16;1-2/h4-12,15H,3,13H2,1-2H3;1-2H3. The maximum atomic E-state index is 12.5. The first-order valence-electron chi connectivity index (χ1n) is 9.99. The molecule has 0 N–H and O–H groups in total. The molecule has 0 radical (unpaired) electrons. The molecule has 1 heterocycles. The molecular weight excluding hydrogens is 376 g/mol. The molecular formula is C25H26N2O3. The lowest BCUT2D eigenvalue weighted by Crippen LogP contribution is -2.11. The van der Waals surface area contributed by atoms with Crippen LogP contribution in [0.25, 0.3) is 11.1 Å². The third kappa shape index (κ3) is 5.03. The summed E-state index contributed by atoms with van der Waals surface area (Å²) in [4.78, 5) is 24.9. The SMILES string of the molecule is CC.CCOC(=O)c1c(-c2ccc(C(=O)Cc3ccccc3)cc2)c(C#N)cn1C. The van der Waals surface area contributed by atoms with E-state index in [-0.39, 0.29) is 12.4 Å². The molecule has 0 fully saturated rings. The maximum absolute atomic E-state index is 12.5. The first-order chi connectivity index (χ1) is 14.5. The molecule has 0 saturated carbocycles. The normalized spacial score (nSPS) is 9.83. The van der Waals surface area contributed by atoms with E-state index in [9.17, 15) is 14.9 Å². The fraction of sp³-hybridized carbons (Fsp3) is 0.240. The number of carbonyl (C=O) groups excluding carboxylic acids is 2. The van der Waals surface area contributed by atoms with Crippen LogP contribution in [0.4, 0.5) is 0 Å². The van der Waals surface area contributed by atoms with E-state index in [1.165, 1.54) is 0 Å². The molecule has 154 valence electrons. The van der Waals surface area contributed by atoms with Crippen LogP contribution in [0.5, 0.6) is 0 Å². The molecule has 0 aliphatic heterocycles. The second-order valence-electron chi connectivity index (χ2n) is 6.37. The lowest BCUT2D eigenvalue weighted by atomic mass is 9.97. The summed E-state index contributed by atoms with van der Waals surface area (Å²) in [5.41, 5.74) is 3.45. The average molecular weight is 402 g/mol. The van der Waals surface area contributed by atoms with Gasteiger partial charge in [0.2, 0.25) is 0 Å². The molecule has 0 aliphatic carbocycles. The van der Waals surface area contributed by atoms with Gasteiger partial charge in [0, 0.05) is 30.8 Å². The Hall–Kier alpha value is -3.65. The number of ketones is 1. The van der Waals surface area contributed by atoms with Crippen molar-refractivity contribution in [3.8, 4) is 17.2 Å². The second kappa shape index (κ2) is 10.8. The van der Waals surface area contributed by atoms with Gasteiger partial charge in [0.15, 0.2) is 5.78 Å². The van der Waals surface area contributed by atoms with Crippen LogP contribution in [0.1, 0.15) is 52.7 Å². The number of aryl methyl sites for hydroxylation is 1. The fourth-order valence-corrected chi connectivity index (χ4v) is 3.16. The molecule has 30 heavy (non-hydrogen) atoms. The van der Waals surface area contributed by atoms with Crippen LogP contribution in [-0.2, 0) is 18.2 Å². The van der Waals surface area contributed by atoms with E-state index in [1.807, 2.05) is 44.2 Å². The molecule has 0 saturated heterocycles. The van der Waals surface area contributed by atoms with Crippen LogP contribution in [0.15, 0.2) is 60.8 Å². The van der Waals surface area contributed by atoms with Crippen molar-refractivity contribution >= 4 is 11.8 Å². The number of ether oxygens (including phenoxy) is 1. The van der Waals surface area contributed by atoms with E-state index < -0.39 is 5.97 Å². The Balaban J connectivity index is 0.00000155. The fourth-order valence-electron chi connectivity index (χ4n) is 3.16. The van der Waals surface area contributed by atoms with Crippen molar-refractivity contribution in [1.82, 2.24) is 4.57 Å². The summed E-state index contributed by atoms with van der Waals surface area (Å²) >= 11 is 0. The predicted molar refractivity (Wildman–Crippen MR) is 117 cm³/mol. The molecule has 0 bridgehead atoms. The number of aromatic nitrogens is 1. The molecule has 0 spiro atoms. The first-order valence-corrected chi connectivity index (χ1v) is 9.99. The number of nitrogens with zero attached hydrogens (tertiary/aromatic N) is 2. The molecule has 0 unspecified atom stereocenters. The van der Waals surface area contributed by atoms with Crippen LogP contribution in [-0.4, -0.2) is 22.9 Å². The van der Waals surface area contributed by atoms with E-state index in [1.54, 1.807) is 49.0 Å². The summed E-state index contributed by atoms with van der Waals surface area (Å²) in [6, 6.07) is 18.7. The number of esters is 1. The van der Waals surface area contributed by atoms with Gasteiger partial charge >= 0.3 is 5.97 Å². The highest BCUT2D eigenvalue weighted by Crippen LogP contribution is 2.30. The van der Waals surface area contributed by atoms with Crippen molar-refractivity contribution in [2.45, 2.75) is 27.2 Å². The maximum Gasteiger partial charge on any atom is 0.355 e. The van der Waals surface area contributed by atoms with Crippen LogP contribution < -0.4 is 0 Å². The van der Waals surface area contributed by atoms with Crippen molar-refractivity contribution in [2.75, 3.05) is 6.61 Å². The van der Waals surface area contributed by atoms with Gasteiger partial charge in [-0.3, -0.25) is 4.79 Å². The van der Waals surface area contributed by atoms with E-state index in [0.717, 1.165) is 5.56 Å². The van der Waals surface area contributed by atoms with Crippen LogP contribution in [0.2, 0.25) is 0 Å². The summed E-state index contributed by atoms with van der Waals surface area (Å²) in [5, 5.41) is 9.47. The minimum Gasteiger partial charge on any atom is -0.461 e. The van der Waals surface area contributed by atoms with E-state index in [2.05, 4.69) is 6.07 Å². The summed E-state index contributed by atoms with van der Waals surface area (Å²) in [7, 11) is 1.70. The van der Waals surface area contributed by atoms with Crippen LogP contribution >= 0.6 is 0 Å². The zero-order valence-corrected chi connectivity index (χ0v) is 17.8. The highest BCUT2D eigenvalue weighted by atomic mass is 16.5. The Morgan fingerprint density at radius 1 is 1.03 bits per heavy atom. The Kier molecular flexibility index (Phi) is 8.13. The van der Waals surface area contributed by atoms with Crippen molar-refractivity contribution in [1.29, 1.82) is 5.26 Å². The summed E-state index contributed by atoms with van der Waals surface area (Å²) in [6.07, 6.45) is 1.93. The highest BCUT2D eigenvalue weighted by molar-refractivity contribution is 6.00. The molecule has 0 aliphatic rings. The topological polar surface area (TPSA) is 72.1 Å². The average Bonchev–Trinajstić information content (AvgIpc) is 3.12. The van der Waals surface area contributed by atoms with Gasteiger partial charge in [-0.25, -0.2) is 4.79 Å². The third-order valence-corrected chi connectivity index (χ3v) is 4.47. The molecule has 3 rings (SSSR count). The van der Waals surface area contributed by atoms with Gasteiger partial charge in [0.1, 0.15) is 11.8 Å². The Labute approximate surface area is 177 Å². The number of carbonyl (C=O) groups is 2. The van der Waals surface area contributed by atoms with Gasteiger partial charge in [-0.1, -0.05) is 68.4 Å². The van der Waals surface area contributed by atoms with Gasteiger partial charge in [-0.15, -0.1) is 0 Å². The Morgan fingerprint density at radius 2 is 1.67 bits per heavy atom. The number of Topliss-reactive ketones (excluding diaryl/α,β-unsaturated/α-hetero) is 1. The largest absolute Gasteiger partial charge is 0.461 e. The van der Waals surface area contributed by atoms with Crippen molar-refractivity contribution < 1.29 is 14.3 Å². The van der Waals surface area contributed by atoms with E-state index >= 15 is 0 Å². The molecule has 2 aromatic carbocycles. The first kappa shape index (κ1) is 22.6. The monoisotopic (exact) mass is 402 g/mol. The quantitative estimate of drug-likeness (QED) is 0.420. The minimum absolute atomic E-state index is 0.0111. The van der Waals surface area contributed by atoms with Gasteiger partial charge in [-0.2, -0.15) is 5.26 Å². The van der Waals surface area contributed by atoms with Gasteiger partial charge in [0.05, 0.1) is 12.2 Å². The summed E-state index contributed by atoms with van der Waals surface area (Å²) < 4.78 is 6.73. The van der Waals surface area contributed by atoms with E-state index in [4.69, 9.17) is 4.74 Å². The number of benzene rings is 2. The Bertz CT molecular complexity index is 1040. The smallest absolute Gasteiger partial charge is 0.355 e. The van der Waals surface area contributed by atoms with Crippen LogP contribution in [0.3, 0.4) is 0 Å². The number of hydrogen-bond acceptors (Lipinski definition) is 4. The van der Waals surface area contributed by atoms with Crippen molar-refractivity contribution in [3.05, 3.63) is 83.2 Å². The minimum atomic E-state index is -0.481. The second-order valence-corrected chi connectivity index (χ2v) is 6.37. The molecule has 3 aromatic rings. The lowest BCUT2D eigenvalue weighted by molar-refractivity contribution is 0.0516. The summed E-state index contributed by atoms with van der Waals surface area (Å²) in [5.74, 6) is -0.470. The van der Waals surface area contributed by atoms with Gasteiger partial charge < -0.3 is 9.30 Å². The van der Waals surface area contributed by atoms with Crippen molar-refractivity contribution in [3.63, 3.8) is 0 Å². The van der Waals surface area contributed by atoms with Crippen molar-refractivity contribution in [2.24, 2.45) is 7.05 Å². The summed E-state index contributed by atoms with van der Waals surface area (Å²) in [6.45, 7) is 5.98. The molecule has 0 amide bonds. The number of nitriles is 1.